The van der Waals surface area contributed by atoms with Gasteiger partial charge in [0.1, 0.15) is 5.76 Å². The summed E-state index contributed by atoms with van der Waals surface area (Å²) in [6.45, 7) is 2.20. The van der Waals surface area contributed by atoms with E-state index in [0.29, 0.717) is 0 Å². The number of halogens is 1. The highest BCUT2D eigenvalue weighted by atomic mass is 79.9. The standard InChI is InChI=1S/C9H14BrNO/c1-2-3-4-5-8-6-9(7-10)12-11-8/h6H,2-5,7H2,1H3. The molecule has 1 rings (SSSR count). The molecule has 0 atom stereocenters. The molecule has 12 heavy (non-hydrogen) atoms. The van der Waals surface area contributed by atoms with Gasteiger partial charge in [-0.2, -0.15) is 0 Å². The number of aryl methyl sites for hydroxylation is 1. The van der Waals surface area contributed by atoms with Gasteiger partial charge < -0.3 is 4.52 Å². The van der Waals surface area contributed by atoms with Gasteiger partial charge in [0.2, 0.25) is 0 Å². The highest BCUT2D eigenvalue weighted by Crippen LogP contribution is 2.10. The Labute approximate surface area is 81.5 Å². The second-order valence-corrected chi connectivity index (χ2v) is 3.44. The minimum Gasteiger partial charge on any atom is -0.360 e. The van der Waals surface area contributed by atoms with Gasteiger partial charge in [-0.05, 0) is 12.8 Å². The zero-order chi connectivity index (χ0) is 8.81. The number of aromatic nitrogens is 1. The van der Waals surface area contributed by atoms with E-state index < -0.39 is 0 Å². The minimum atomic E-state index is 0.758. The molecule has 2 nitrogen and oxygen atoms in total. The summed E-state index contributed by atoms with van der Waals surface area (Å²) in [6.07, 6.45) is 4.79. The summed E-state index contributed by atoms with van der Waals surface area (Å²) < 4.78 is 5.05. The molecule has 68 valence electrons. The summed E-state index contributed by atoms with van der Waals surface area (Å²) in [6, 6.07) is 2.02. The van der Waals surface area contributed by atoms with E-state index in [1.54, 1.807) is 0 Å². The second kappa shape index (κ2) is 5.36. The second-order valence-electron chi connectivity index (χ2n) is 2.88. The lowest BCUT2D eigenvalue weighted by atomic mass is 10.1. The van der Waals surface area contributed by atoms with E-state index in [2.05, 4.69) is 28.0 Å². The van der Waals surface area contributed by atoms with E-state index in [-0.39, 0.29) is 0 Å². The van der Waals surface area contributed by atoms with Crippen LogP contribution in [-0.4, -0.2) is 5.16 Å². The van der Waals surface area contributed by atoms with E-state index in [1.165, 1.54) is 19.3 Å². The molecule has 1 heterocycles. The van der Waals surface area contributed by atoms with E-state index in [1.807, 2.05) is 6.07 Å². The fraction of sp³-hybridized carbons (Fsp3) is 0.667. The number of unbranched alkanes of at least 4 members (excludes halogenated alkanes) is 2. The molecular formula is C9H14BrNO. The van der Waals surface area contributed by atoms with Crippen molar-refractivity contribution in [2.75, 3.05) is 0 Å². The number of hydrogen-bond donors (Lipinski definition) is 0. The van der Waals surface area contributed by atoms with Crippen molar-refractivity contribution >= 4 is 15.9 Å². The van der Waals surface area contributed by atoms with Crippen molar-refractivity contribution in [3.05, 3.63) is 17.5 Å². The minimum absolute atomic E-state index is 0.758. The predicted molar refractivity (Wildman–Crippen MR) is 52.4 cm³/mol. The van der Waals surface area contributed by atoms with Crippen LogP contribution in [0.3, 0.4) is 0 Å². The third-order valence-corrected chi connectivity index (χ3v) is 2.33. The smallest absolute Gasteiger partial charge is 0.147 e. The van der Waals surface area contributed by atoms with Gasteiger partial charge in [-0.3, -0.25) is 0 Å². The average Bonchev–Trinajstić information content (AvgIpc) is 2.53. The van der Waals surface area contributed by atoms with Gasteiger partial charge in [0.05, 0.1) is 11.0 Å². The van der Waals surface area contributed by atoms with Crippen LogP contribution in [0, 0.1) is 0 Å². The van der Waals surface area contributed by atoms with Crippen LogP contribution in [0.15, 0.2) is 10.6 Å². The van der Waals surface area contributed by atoms with Gasteiger partial charge >= 0.3 is 0 Å². The predicted octanol–water partition coefficient (Wildman–Crippen LogP) is 3.30. The summed E-state index contributed by atoms with van der Waals surface area (Å²) >= 11 is 3.32. The molecule has 0 unspecified atom stereocenters. The first-order chi connectivity index (χ1) is 5.86. The molecule has 0 aromatic carbocycles. The van der Waals surface area contributed by atoms with Gasteiger partial charge in [0.15, 0.2) is 0 Å². The largest absolute Gasteiger partial charge is 0.360 e. The molecule has 3 heteroatoms. The van der Waals surface area contributed by atoms with Crippen LogP contribution in [-0.2, 0) is 11.8 Å². The zero-order valence-corrected chi connectivity index (χ0v) is 8.93. The van der Waals surface area contributed by atoms with Crippen LogP contribution >= 0.6 is 15.9 Å². The van der Waals surface area contributed by atoms with Crippen LogP contribution < -0.4 is 0 Å². The van der Waals surface area contributed by atoms with Gasteiger partial charge in [0, 0.05) is 6.07 Å². The van der Waals surface area contributed by atoms with Crippen LogP contribution in [0.1, 0.15) is 37.6 Å². The molecule has 0 saturated carbocycles. The summed E-state index contributed by atoms with van der Waals surface area (Å²) in [5.74, 6) is 0.918. The highest BCUT2D eigenvalue weighted by molar-refractivity contribution is 9.08. The Morgan fingerprint density at radius 2 is 2.33 bits per heavy atom. The van der Waals surface area contributed by atoms with Crippen molar-refractivity contribution in [2.45, 2.75) is 37.9 Å². The third kappa shape index (κ3) is 2.97. The van der Waals surface area contributed by atoms with Crippen LogP contribution in [0.25, 0.3) is 0 Å². The lowest BCUT2D eigenvalue weighted by molar-refractivity contribution is 0.388. The SMILES string of the molecule is CCCCCc1cc(CBr)on1. The Kier molecular flexibility index (Phi) is 4.36. The Hall–Kier alpha value is -0.310. The van der Waals surface area contributed by atoms with E-state index in [9.17, 15) is 0 Å². The lowest BCUT2D eigenvalue weighted by Crippen LogP contribution is -1.83. The summed E-state index contributed by atoms with van der Waals surface area (Å²) in [5.41, 5.74) is 1.08. The van der Waals surface area contributed by atoms with Gasteiger partial charge in [0.25, 0.3) is 0 Å². The molecule has 0 fully saturated rings. The maximum Gasteiger partial charge on any atom is 0.147 e. The van der Waals surface area contributed by atoms with Crippen molar-refractivity contribution in [2.24, 2.45) is 0 Å². The normalized spacial score (nSPS) is 10.5. The fourth-order valence-corrected chi connectivity index (χ4v) is 1.36. The van der Waals surface area contributed by atoms with E-state index in [0.717, 1.165) is 23.2 Å². The summed E-state index contributed by atoms with van der Waals surface area (Å²) in [4.78, 5) is 0. The van der Waals surface area contributed by atoms with Gasteiger partial charge in [-0.1, -0.05) is 40.9 Å². The number of hydrogen-bond acceptors (Lipinski definition) is 2. The topological polar surface area (TPSA) is 26.0 Å². The average molecular weight is 232 g/mol. The molecule has 0 bridgehead atoms. The number of nitrogens with zero attached hydrogens (tertiary/aromatic N) is 1. The molecule has 0 saturated heterocycles. The van der Waals surface area contributed by atoms with Crippen LogP contribution in [0.4, 0.5) is 0 Å². The molecule has 0 N–H and O–H groups in total. The van der Waals surface area contributed by atoms with Crippen LogP contribution in [0.2, 0.25) is 0 Å². The van der Waals surface area contributed by atoms with Crippen molar-refractivity contribution in [3.8, 4) is 0 Å². The molecular weight excluding hydrogens is 218 g/mol. The van der Waals surface area contributed by atoms with Crippen molar-refractivity contribution in [1.82, 2.24) is 5.16 Å². The molecule has 0 aliphatic heterocycles. The Morgan fingerprint density at radius 3 is 2.92 bits per heavy atom. The summed E-state index contributed by atoms with van der Waals surface area (Å²) in [7, 11) is 0. The first-order valence-corrected chi connectivity index (χ1v) is 5.49. The zero-order valence-electron chi connectivity index (χ0n) is 7.35. The Bertz CT molecular complexity index is 222. The Morgan fingerprint density at radius 1 is 1.50 bits per heavy atom. The Balaban J connectivity index is 2.31. The van der Waals surface area contributed by atoms with Gasteiger partial charge in [-0.15, -0.1) is 0 Å². The fourth-order valence-electron chi connectivity index (χ4n) is 1.09. The van der Waals surface area contributed by atoms with E-state index >= 15 is 0 Å². The quantitative estimate of drug-likeness (QED) is 0.575. The first-order valence-electron chi connectivity index (χ1n) is 4.37. The number of rotatable bonds is 5. The van der Waals surface area contributed by atoms with Crippen LogP contribution in [0.5, 0.6) is 0 Å². The molecule has 0 radical (unpaired) electrons. The van der Waals surface area contributed by atoms with Crippen molar-refractivity contribution < 1.29 is 4.52 Å². The van der Waals surface area contributed by atoms with Gasteiger partial charge in [-0.25, -0.2) is 0 Å². The first kappa shape index (κ1) is 9.78. The monoisotopic (exact) mass is 231 g/mol. The maximum atomic E-state index is 5.05. The number of alkyl halides is 1. The van der Waals surface area contributed by atoms with E-state index in [4.69, 9.17) is 4.52 Å². The lowest BCUT2D eigenvalue weighted by Gasteiger charge is -1.91. The maximum absolute atomic E-state index is 5.05. The summed E-state index contributed by atoms with van der Waals surface area (Å²) in [5, 5.41) is 4.71. The molecule has 1 aromatic rings. The molecule has 0 aliphatic carbocycles. The van der Waals surface area contributed by atoms with Crippen molar-refractivity contribution in [1.29, 1.82) is 0 Å². The third-order valence-electron chi connectivity index (χ3n) is 1.78. The molecule has 0 spiro atoms. The highest BCUT2D eigenvalue weighted by Gasteiger charge is 2.01. The molecule has 1 aromatic heterocycles. The molecule has 0 amide bonds. The molecule has 0 aliphatic rings. The van der Waals surface area contributed by atoms with Crippen molar-refractivity contribution in [3.63, 3.8) is 0 Å².